The summed E-state index contributed by atoms with van der Waals surface area (Å²) in [5, 5.41) is 10.8. The molecule has 1 fully saturated rings. The van der Waals surface area contributed by atoms with Gasteiger partial charge in [-0.15, -0.1) is 11.3 Å². The fraction of sp³-hybridized carbons (Fsp3) is 0.200. The average Bonchev–Trinajstić information content (AvgIpc) is 3.33. The van der Waals surface area contributed by atoms with E-state index in [1.807, 2.05) is 53.2 Å². The van der Waals surface area contributed by atoms with Gasteiger partial charge in [-0.1, -0.05) is 53.8 Å². The van der Waals surface area contributed by atoms with E-state index in [1.165, 1.54) is 33.6 Å². The van der Waals surface area contributed by atoms with Gasteiger partial charge in [-0.2, -0.15) is 0 Å². The molecule has 2 aromatic heterocycles. The van der Waals surface area contributed by atoms with Crippen LogP contribution in [0, 0.1) is 6.92 Å². The van der Waals surface area contributed by atoms with Crippen LogP contribution in [0.15, 0.2) is 40.7 Å². The minimum atomic E-state index is -0.882. The first-order valence-electron chi connectivity index (χ1n) is 8.94. The molecule has 0 aliphatic carbocycles. The SMILES string of the molecule is Cc1ccc(-c2nc3sccn3c2C=C2SC(=S)N(CCCC(=O)O)C2=O)cc1. The Labute approximate surface area is 180 Å². The van der Waals surface area contributed by atoms with E-state index in [0.717, 1.165) is 21.9 Å². The van der Waals surface area contributed by atoms with Crippen molar-refractivity contribution in [2.24, 2.45) is 0 Å². The number of thiazole rings is 1. The minimum absolute atomic E-state index is 0.00578. The molecule has 3 heterocycles. The summed E-state index contributed by atoms with van der Waals surface area (Å²) in [6.45, 7) is 2.34. The summed E-state index contributed by atoms with van der Waals surface area (Å²) < 4.78 is 2.42. The number of aliphatic carboxylic acids is 1. The maximum atomic E-state index is 12.9. The van der Waals surface area contributed by atoms with Gasteiger partial charge in [0.05, 0.1) is 16.3 Å². The summed E-state index contributed by atoms with van der Waals surface area (Å²) in [6.07, 6.45) is 4.14. The quantitative estimate of drug-likeness (QED) is 0.449. The second kappa shape index (κ2) is 8.10. The summed E-state index contributed by atoms with van der Waals surface area (Å²) in [5.41, 5.74) is 3.79. The second-order valence-corrected chi connectivity index (χ2v) is 9.15. The Balaban J connectivity index is 1.69. The van der Waals surface area contributed by atoms with E-state index >= 15 is 0 Å². The van der Waals surface area contributed by atoms with Gasteiger partial charge in [0.25, 0.3) is 5.91 Å². The first-order chi connectivity index (χ1) is 13.9. The van der Waals surface area contributed by atoms with E-state index < -0.39 is 5.97 Å². The molecule has 1 saturated heterocycles. The van der Waals surface area contributed by atoms with Crippen LogP contribution in [0.4, 0.5) is 0 Å². The highest BCUT2D eigenvalue weighted by atomic mass is 32.2. The van der Waals surface area contributed by atoms with Gasteiger partial charge in [0, 0.05) is 30.1 Å². The predicted molar refractivity (Wildman–Crippen MR) is 120 cm³/mol. The first kappa shape index (κ1) is 19.8. The number of carboxylic acids is 1. The monoisotopic (exact) mass is 443 g/mol. The molecule has 148 valence electrons. The lowest BCUT2D eigenvalue weighted by atomic mass is 10.1. The van der Waals surface area contributed by atoms with Crippen LogP contribution in [0.25, 0.3) is 22.3 Å². The number of aromatic nitrogens is 2. The van der Waals surface area contributed by atoms with E-state index in [9.17, 15) is 9.59 Å². The maximum Gasteiger partial charge on any atom is 0.303 e. The van der Waals surface area contributed by atoms with Crippen molar-refractivity contribution < 1.29 is 14.7 Å². The van der Waals surface area contributed by atoms with Crippen LogP contribution in [0.5, 0.6) is 0 Å². The fourth-order valence-electron chi connectivity index (χ4n) is 3.07. The zero-order valence-electron chi connectivity index (χ0n) is 15.5. The van der Waals surface area contributed by atoms with E-state index in [-0.39, 0.29) is 12.3 Å². The van der Waals surface area contributed by atoms with Gasteiger partial charge in [-0.25, -0.2) is 4.98 Å². The number of fused-ring (bicyclic) bond motifs is 1. The van der Waals surface area contributed by atoms with Gasteiger partial charge >= 0.3 is 5.97 Å². The largest absolute Gasteiger partial charge is 0.481 e. The van der Waals surface area contributed by atoms with Gasteiger partial charge in [0.15, 0.2) is 4.96 Å². The van der Waals surface area contributed by atoms with Crippen LogP contribution in [-0.4, -0.2) is 42.1 Å². The van der Waals surface area contributed by atoms with Crippen molar-refractivity contribution in [1.29, 1.82) is 0 Å². The topological polar surface area (TPSA) is 74.9 Å². The molecule has 4 rings (SSSR count). The minimum Gasteiger partial charge on any atom is -0.481 e. The van der Waals surface area contributed by atoms with E-state index in [1.54, 1.807) is 0 Å². The van der Waals surface area contributed by atoms with Crippen LogP contribution in [0.1, 0.15) is 24.1 Å². The summed E-state index contributed by atoms with van der Waals surface area (Å²) in [4.78, 5) is 31.2. The summed E-state index contributed by atoms with van der Waals surface area (Å²) in [5.74, 6) is -1.07. The first-order valence-corrected chi connectivity index (χ1v) is 11.0. The van der Waals surface area contributed by atoms with E-state index in [0.29, 0.717) is 22.2 Å². The number of hydrogen-bond donors (Lipinski definition) is 1. The third kappa shape index (κ3) is 3.98. The van der Waals surface area contributed by atoms with Gasteiger partial charge < -0.3 is 5.11 Å². The number of benzene rings is 1. The number of carbonyl (C=O) groups is 2. The molecule has 0 atom stereocenters. The Morgan fingerprint density at radius 3 is 2.79 bits per heavy atom. The molecular formula is C20H17N3O3S3. The molecule has 0 radical (unpaired) electrons. The summed E-state index contributed by atoms with van der Waals surface area (Å²) in [7, 11) is 0. The normalized spacial score (nSPS) is 15.8. The molecule has 1 aliphatic heterocycles. The molecular weight excluding hydrogens is 426 g/mol. The zero-order valence-corrected chi connectivity index (χ0v) is 17.9. The molecule has 0 unspecified atom stereocenters. The number of imidazole rings is 1. The Kier molecular flexibility index (Phi) is 5.53. The number of carboxylic acid groups (broad SMARTS) is 1. The Bertz CT molecular complexity index is 1140. The number of carbonyl (C=O) groups excluding carboxylic acids is 1. The molecule has 1 aromatic carbocycles. The lowest BCUT2D eigenvalue weighted by Crippen LogP contribution is -2.29. The highest BCUT2D eigenvalue weighted by Gasteiger charge is 2.32. The molecule has 29 heavy (non-hydrogen) atoms. The van der Waals surface area contributed by atoms with Crippen molar-refractivity contribution in [3.8, 4) is 11.3 Å². The lowest BCUT2D eigenvalue weighted by molar-refractivity contribution is -0.137. The molecule has 0 bridgehead atoms. The number of thioether (sulfide) groups is 1. The van der Waals surface area contributed by atoms with Crippen molar-refractivity contribution in [1.82, 2.24) is 14.3 Å². The van der Waals surface area contributed by atoms with E-state index in [2.05, 4.69) is 0 Å². The van der Waals surface area contributed by atoms with Crippen LogP contribution in [-0.2, 0) is 9.59 Å². The smallest absolute Gasteiger partial charge is 0.303 e. The number of aryl methyl sites for hydroxylation is 1. The summed E-state index contributed by atoms with van der Waals surface area (Å²) >= 11 is 8.12. The highest BCUT2D eigenvalue weighted by molar-refractivity contribution is 8.26. The zero-order chi connectivity index (χ0) is 20.5. The molecule has 1 amide bonds. The third-order valence-corrected chi connectivity index (χ3v) is 6.67. The van der Waals surface area contributed by atoms with Crippen LogP contribution in [0.3, 0.4) is 0 Å². The molecule has 1 N–H and O–H groups in total. The molecule has 6 nitrogen and oxygen atoms in total. The van der Waals surface area contributed by atoms with Crippen molar-refractivity contribution in [3.05, 3.63) is 52.0 Å². The average molecular weight is 444 g/mol. The number of amides is 1. The third-order valence-electron chi connectivity index (χ3n) is 4.54. The number of nitrogens with zero attached hydrogens (tertiary/aromatic N) is 3. The number of thiocarbonyl (C=S) groups is 1. The highest BCUT2D eigenvalue weighted by Crippen LogP contribution is 2.35. The van der Waals surface area contributed by atoms with Crippen LogP contribution in [0.2, 0.25) is 0 Å². The Morgan fingerprint density at radius 2 is 2.07 bits per heavy atom. The van der Waals surface area contributed by atoms with Gasteiger partial charge in [-0.3, -0.25) is 18.9 Å². The molecule has 3 aromatic rings. The molecule has 1 aliphatic rings. The lowest BCUT2D eigenvalue weighted by Gasteiger charge is -2.13. The standard InChI is InChI=1S/C20H17N3O3S3/c1-12-4-6-13(7-5-12)17-14(22-9-10-28-19(22)21-17)11-15-18(26)23(20(27)29-15)8-2-3-16(24)25/h4-7,9-11H,2-3,8H2,1H3,(H,24,25). The Morgan fingerprint density at radius 1 is 1.31 bits per heavy atom. The summed E-state index contributed by atoms with van der Waals surface area (Å²) in [6, 6.07) is 8.12. The number of rotatable bonds is 6. The van der Waals surface area contributed by atoms with E-state index in [4.69, 9.17) is 22.3 Å². The predicted octanol–water partition coefficient (Wildman–Crippen LogP) is 4.44. The molecule has 9 heteroatoms. The van der Waals surface area contributed by atoms with Gasteiger partial charge in [-0.05, 0) is 19.4 Å². The van der Waals surface area contributed by atoms with Crippen molar-refractivity contribution in [3.63, 3.8) is 0 Å². The number of hydrogen-bond acceptors (Lipinski definition) is 6. The van der Waals surface area contributed by atoms with Crippen LogP contribution < -0.4 is 0 Å². The fourth-order valence-corrected chi connectivity index (χ4v) is 5.08. The van der Waals surface area contributed by atoms with Crippen LogP contribution >= 0.6 is 35.3 Å². The van der Waals surface area contributed by atoms with Gasteiger partial charge in [0.1, 0.15) is 4.32 Å². The van der Waals surface area contributed by atoms with Crippen molar-refractivity contribution in [2.75, 3.05) is 6.54 Å². The second-order valence-electron chi connectivity index (χ2n) is 6.60. The van der Waals surface area contributed by atoms with Crippen molar-refractivity contribution in [2.45, 2.75) is 19.8 Å². The van der Waals surface area contributed by atoms with Gasteiger partial charge in [0.2, 0.25) is 0 Å². The molecule has 0 spiro atoms. The Hall–Kier alpha value is -2.49. The molecule has 0 saturated carbocycles. The van der Waals surface area contributed by atoms with Crippen molar-refractivity contribution >= 4 is 62.6 Å². The maximum absolute atomic E-state index is 12.9.